The van der Waals surface area contributed by atoms with Crippen LogP contribution < -0.4 is 14.3 Å². The monoisotopic (exact) mass is 698 g/mol. The third-order valence-electron chi connectivity index (χ3n) is 4.86. The SMILES string of the molecule is CCOc1cc(/C=N\NC(=O)CSc2nc3ccccc3s2)cc(I)c1OS(=O)(=O)c1ccc([N+](=O)[O-])cc1. The van der Waals surface area contributed by atoms with Crippen molar-refractivity contribution in [2.45, 2.75) is 16.2 Å². The van der Waals surface area contributed by atoms with Crippen LogP contribution in [-0.4, -0.2) is 42.8 Å². The van der Waals surface area contributed by atoms with Crippen LogP contribution in [0.5, 0.6) is 11.5 Å². The van der Waals surface area contributed by atoms with E-state index in [4.69, 9.17) is 8.92 Å². The van der Waals surface area contributed by atoms with Crippen LogP contribution in [0.4, 0.5) is 5.69 Å². The van der Waals surface area contributed by atoms with Crippen molar-refractivity contribution < 1.29 is 27.1 Å². The van der Waals surface area contributed by atoms with Crippen LogP contribution in [0.3, 0.4) is 0 Å². The number of nitro groups is 1. The van der Waals surface area contributed by atoms with Crippen LogP contribution in [0.2, 0.25) is 0 Å². The molecule has 0 spiro atoms. The number of hydrogen-bond acceptors (Lipinski definition) is 11. The number of hydrazone groups is 1. The van der Waals surface area contributed by atoms with Crippen molar-refractivity contribution in [3.05, 3.63) is 79.9 Å². The topological polar surface area (TPSA) is 150 Å². The molecule has 0 atom stereocenters. The van der Waals surface area contributed by atoms with E-state index >= 15 is 0 Å². The summed E-state index contributed by atoms with van der Waals surface area (Å²) in [6.07, 6.45) is 1.40. The van der Waals surface area contributed by atoms with E-state index in [0.717, 1.165) is 38.8 Å². The first kappa shape index (κ1) is 28.7. The molecule has 0 saturated carbocycles. The zero-order chi connectivity index (χ0) is 28.0. The highest BCUT2D eigenvalue weighted by Crippen LogP contribution is 2.36. The highest BCUT2D eigenvalue weighted by Gasteiger charge is 2.23. The lowest BCUT2D eigenvalue weighted by atomic mass is 10.2. The Hall–Kier alpha value is -3.28. The lowest BCUT2D eigenvalue weighted by molar-refractivity contribution is -0.384. The number of non-ortho nitro benzene ring substituents is 1. The molecule has 0 fully saturated rings. The van der Waals surface area contributed by atoms with Crippen LogP contribution in [-0.2, 0) is 14.9 Å². The summed E-state index contributed by atoms with van der Waals surface area (Å²) in [5.41, 5.74) is 3.63. The Labute approximate surface area is 245 Å². The van der Waals surface area contributed by atoms with Gasteiger partial charge in [0.15, 0.2) is 15.8 Å². The molecular formula is C24H19IN4O7S3. The molecule has 1 N–H and O–H groups in total. The van der Waals surface area contributed by atoms with Gasteiger partial charge in [0.2, 0.25) is 0 Å². The number of ether oxygens (including phenoxy) is 1. The lowest BCUT2D eigenvalue weighted by Crippen LogP contribution is -2.19. The zero-order valence-electron chi connectivity index (χ0n) is 20.1. The van der Waals surface area contributed by atoms with Crippen molar-refractivity contribution in [1.82, 2.24) is 10.4 Å². The molecule has 202 valence electrons. The Balaban J connectivity index is 1.42. The predicted octanol–water partition coefficient (Wildman–Crippen LogP) is 5.22. The van der Waals surface area contributed by atoms with E-state index in [-0.39, 0.29) is 40.3 Å². The molecule has 11 nitrogen and oxygen atoms in total. The minimum atomic E-state index is -4.30. The van der Waals surface area contributed by atoms with E-state index in [2.05, 4.69) is 15.5 Å². The highest BCUT2D eigenvalue weighted by atomic mass is 127. The minimum Gasteiger partial charge on any atom is -0.490 e. The smallest absolute Gasteiger partial charge is 0.339 e. The molecule has 39 heavy (non-hydrogen) atoms. The number of halogens is 1. The number of para-hydroxylation sites is 1. The summed E-state index contributed by atoms with van der Waals surface area (Å²) < 4.78 is 38.8. The normalized spacial score (nSPS) is 11.5. The van der Waals surface area contributed by atoms with Gasteiger partial charge in [0, 0.05) is 12.1 Å². The van der Waals surface area contributed by atoms with Crippen molar-refractivity contribution in [1.29, 1.82) is 0 Å². The van der Waals surface area contributed by atoms with Gasteiger partial charge in [-0.2, -0.15) is 13.5 Å². The average molecular weight is 699 g/mol. The molecule has 0 aliphatic carbocycles. The summed E-state index contributed by atoms with van der Waals surface area (Å²) in [5.74, 6) is -0.0747. The van der Waals surface area contributed by atoms with Gasteiger partial charge in [-0.3, -0.25) is 14.9 Å². The van der Waals surface area contributed by atoms with E-state index in [1.807, 2.05) is 46.9 Å². The van der Waals surface area contributed by atoms with Crippen LogP contribution in [0, 0.1) is 13.7 Å². The van der Waals surface area contributed by atoms with Gasteiger partial charge < -0.3 is 8.92 Å². The lowest BCUT2D eigenvalue weighted by Gasteiger charge is -2.14. The second kappa shape index (κ2) is 12.7. The van der Waals surface area contributed by atoms with Crippen LogP contribution in [0.15, 0.2) is 75.0 Å². The molecule has 3 aromatic carbocycles. The molecule has 0 radical (unpaired) electrons. The van der Waals surface area contributed by atoms with E-state index in [0.29, 0.717) is 9.13 Å². The summed E-state index contributed by atoms with van der Waals surface area (Å²) >= 11 is 4.72. The number of thioether (sulfide) groups is 1. The van der Waals surface area contributed by atoms with E-state index < -0.39 is 15.0 Å². The molecule has 0 aliphatic rings. The number of hydrogen-bond donors (Lipinski definition) is 1. The van der Waals surface area contributed by atoms with Crippen molar-refractivity contribution >= 4 is 83.8 Å². The number of carbonyl (C=O) groups is 1. The van der Waals surface area contributed by atoms with Gasteiger partial charge in [-0.15, -0.1) is 11.3 Å². The van der Waals surface area contributed by atoms with E-state index in [9.17, 15) is 23.3 Å². The van der Waals surface area contributed by atoms with Crippen LogP contribution in [0.1, 0.15) is 12.5 Å². The predicted molar refractivity (Wildman–Crippen MR) is 157 cm³/mol. The Kier molecular flexibility index (Phi) is 9.36. The minimum absolute atomic E-state index is 0.0378. The zero-order valence-corrected chi connectivity index (χ0v) is 24.7. The average Bonchev–Trinajstić information content (AvgIpc) is 3.33. The first-order valence-corrected chi connectivity index (χ1v) is 15.4. The van der Waals surface area contributed by atoms with E-state index in [1.54, 1.807) is 13.0 Å². The maximum Gasteiger partial charge on any atom is 0.339 e. The van der Waals surface area contributed by atoms with E-state index in [1.165, 1.54) is 35.4 Å². The summed E-state index contributed by atoms with van der Waals surface area (Å²) in [5, 5.41) is 14.8. The van der Waals surface area contributed by atoms with Gasteiger partial charge in [-0.25, -0.2) is 10.4 Å². The number of fused-ring (bicyclic) bond motifs is 1. The molecular weight excluding hydrogens is 679 g/mol. The van der Waals surface area contributed by atoms with Gasteiger partial charge >= 0.3 is 10.1 Å². The molecule has 1 heterocycles. The standard InChI is InChI=1S/C24H19IN4O7S3/c1-2-35-20-12-15(13-26-28-22(30)14-37-24-27-19-5-3-4-6-21(19)38-24)11-18(25)23(20)36-39(33,34)17-9-7-16(8-10-17)29(31)32/h3-13H,2,14H2,1H3,(H,28,30)/b26-13-. The molecule has 1 aromatic heterocycles. The fourth-order valence-corrected chi connectivity index (χ4v) is 6.85. The summed E-state index contributed by atoms with van der Waals surface area (Å²) in [6, 6.07) is 15.2. The number of nitro benzene ring substituents is 1. The summed E-state index contributed by atoms with van der Waals surface area (Å²) in [6.45, 7) is 1.95. The summed E-state index contributed by atoms with van der Waals surface area (Å²) in [7, 11) is -4.30. The number of amides is 1. The maximum atomic E-state index is 12.8. The summed E-state index contributed by atoms with van der Waals surface area (Å²) in [4.78, 5) is 26.7. The Morgan fingerprint density at radius 3 is 2.67 bits per heavy atom. The third kappa shape index (κ3) is 7.43. The number of benzene rings is 3. The number of nitrogens with zero attached hydrogens (tertiary/aromatic N) is 3. The second-order valence-electron chi connectivity index (χ2n) is 7.58. The molecule has 1 amide bonds. The fraction of sp³-hybridized carbons (Fsp3) is 0.125. The molecule has 0 bridgehead atoms. The number of carbonyl (C=O) groups excluding carboxylic acids is 1. The fourth-order valence-electron chi connectivity index (χ4n) is 3.15. The molecule has 15 heteroatoms. The number of rotatable bonds is 11. The quantitative estimate of drug-likeness (QED) is 0.0556. The van der Waals surface area contributed by atoms with Gasteiger partial charge in [-0.1, -0.05) is 23.9 Å². The number of thiazole rings is 1. The second-order valence-corrected chi connectivity index (χ2v) is 12.5. The van der Waals surface area contributed by atoms with Crippen molar-refractivity contribution in [3.8, 4) is 11.5 Å². The van der Waals surface area contributed by atoms with Crippen molar-refractivity contribution in [2.24, 2.45) is 5.10 Å². The van der Waals surface area contributed by atoms with Gasteiger partial charge in [0.25, 0.3) is 11.6 Å². The Morgan fingerprint density at radius 1 is 1.23 bits per heavy atom. The highest BCUT2D eigenvalue weighted by molar-refractivity contribution is 14.1. The largest absolute Gasteiger partial charge is 0.490 e. The molecule has 0 saturated heterocycles. The first-order chi connectivity index (χ1) is 18.7. The van der Waals surface area contributed by atoms with Crippen LogP contribution >= 0.6 is 45.7 Å². The van der Waals surface area contributed by atoms with Gasteiger partial charge in [0.1, 0.15) is 4.90 Å². The number of nitrogens with one attached hydrogen (secondary N) is 1. The Bertz CT molecular complexity index is 1630. The van der Waals surface area contributed by atoms with Crippen LogP contribution in [0.25, 0.3) is 10.2 Å². The van der Waals surface area contributed by atoms with Gasteiger partial charge in [0.05, 0.1) is 37.3 Å². The third-order valence-corrected chi connectivity index (χ3v) is 9.08. The van der Waals surface area contributed by atoms with Crippen molar-refractivity contribution in [2.75, 3.05) is 12.4 Å². The Morgan fingerprint density at radius 2 is 1.97 bits per heavy atom. The molecule has 0 unspecified atom stereocenters. The molecule has 4 aromatic rings. The molecule has 0 aliphatic heterocycles. The van der Waals surface area contributed by atoms with Gasteiger partial charge in [-0.05, 0) is 71.5 Å². The first-order valence-electron chi connectivity index (χ1n) is 11.1. The maximum absolute atomic E-state index is 12.8. The van der Waals surface area contributed by atoms with Crippen molar-refractivity contribution in [3.63, 3.8) is 0 Å². The number of aromatic nitrogens is 1. The molecule has 4 rings (SSSR count).